The number of nitrogens with zero attached hydrogens (tertiary/aromatic N) is 1. The maximum atomic E-state index is 12.3. The monoisotopic (exact) mass is 329 g/mol. The molecule has 1 atom stereocenters. The van der Waals surface area contributed by atoms with Gasteiger partial charge in [-0.3, -0.25) is 4.79 Å². The normalized spacial score (nSPS) is 13.4. The van der Waals surface area contributed by atoms with Gasteiger partial charge in [0.1, 0.15) is 10.6 Å². The summed E-state index contributed by atoms with van der Waals surface area (Å²) in [4.78, 5) is 12.3. The third-order valence-corrected chi connectivity index (χ3v) is 4.97. The Hall–Kier alpha value is -1.34. The maximum absolute atomic E-state index is 12.3. The van der Waals surface area contributed by atoms with Crippen LogP contribution in [0.15, 0.2) is 17.2 Å². The molecule has 0 radical (unpaired) electrons. The molecule has 126 valence electrons. The molecule has 7 heteroatoms. The second-order valence-electron chi connectivity index (χ2n) is 6.08. The van der Waals surface area contributed by atoms with Gasteiger partial charge < -0.3 is 9.88 Å². The minimum Gasteiger partial charge on any atom is -0.348 e. The zero-order chi connectivity index (χ0) is 16.9. The smallest absolute Gasteiger partial charge is 0.268 e. The third kappa shape index (κ3) is 5.14. The van der Waals surface area contributed by atoms with Gasteiger partial charge in [0, 0.05) is 19.3 Å². The van der Waals surface area contributed by atoms with Crippen molar-refractivity contribution in [2.45, 2.75) is 51.0 Å². The summed E-state index contributed by atoms with van der Waals surface area (Å²) in [5.74, 6) is 0.405. The first-order valence-corrected chi connectivity index (χ1v) is 9.06. The number of amides is 1. The van der Waals surface area contributed by atoms with Crippen LogP contribution in [-0.2, 0) is 17.1 Å². The summed E-state index contributed by atoms with van der Waals surface area (Å²) >= 11 is 0. The fraction of sp³-hybridized carbons (Fsp3) is 0.667. The molecule has 22 heavy (non-hydrogen) atoms. The highest BCUT2D eigenvalue weighted by Crippen LogP contribution is 2.14. The fourth-order valence-electron chi connectivity index (χ4n) is 2.23. The Morgan fingerprint density at radius 3 is 2.45 bits per heavy atom. The van der Waals surface area contributed by atoms with Gasteiger partial charge in [0.2, 0.25) is 10.0 Å². The van der Waals surface area contributed by atoms with Gasteiger partial charge in [-0.2, -0.15) is 0 Å². The second-order valence-corrected chi connectivity index (χ2v) is 7.97. The SMILES string of the molecule is CNS(=O)(=O)c1cc(C(=O)N[C@@H](C)CCCC(C)C)n(C)c1. The van der Waals surface area contributed by atoms with E-state index in [1.165, 1.54) is 23.9 Å². The van der Waals surface area contributed by atoms with Crippen molar-refractivity contribution in [3.63, 3.8) is 0 Å². The Labute approximate surface area is 133 Å². The molecular weight excluding hydrogens is 302 g/mol. The summed E-state index contributed by atoms with van der Waals surface area (Å²) in [6, 6.07) is 1.45. The molecule has 0 fully saturated rings. The van der Waals surface area contributed by atoms with Gasteiger partial charge in [-0.05, 0) is 32.4 Å². The number of carbonyl (C=O) groups excluding carboxylic acids is 1. The van der Waals surface area contributed by atoms with E-state index in [1.54, 1.807) is 7.05 Å². The van der Waals surface area contributed by atoms with Crippen LogP contribution >= 0.6 is 0 Å². The number of carbonyl (C=O) groups is 1. The fourth-order valence-corrected chi connectivity index (χ4v) is 3.03. The van der Waals surface area contributed by atoms with Gasteiger partial charge >= 0.3 is 0 Å². The van der Waals surface area contributed by atoms with Gasteiger partial charge in [0.25, 0.3) is 5.91 Å². The highest BCUT2D eigenvalue weighted by atomic mass is 32.2. The minimum atomic E-state index is -3.54. The van der Waals surface area contributed by atoms with Crippen LogP contribution in [0.5, 0.6) is 0 Å². The van der Waals surface area contributed by atoms with E-state index in [9.17, 15) is 13.2 Å². The molecule has 1 aromatic heterocycles. The van der Waals surface area contributed by atoms with Crippen molar-refractivity contribution < 1.29 is 13.2 Å². The Bertz CT molecular complexity index is 606. The molecule has 1 heterocycles. The van der Waals surface area contributed by atoms with Crippen molar-refractivity contribution >= 4 is 15.9 Å². The van der Waals surface area contributed by atoms with Crippen LogP contribution in [0.25, 0.3) is 0 Å². The molecule has 0 aliphatic heterocycles. The van der Waals surface area contributed by atoms with Crippen molar-refractivity contribution in [2.24, 2.45) is 13.0 Å². The van der Waals surface area contributed by atoms with Crippen LogP contribution in [0.3, 0.4) is 0 Å². The molecule has 0 bridgehead atoms. The van der Waals surface area contributed by atoms with E-state index < -0.39 is 10.0 Å². The van der Waals surface area contributed by atoms with Gasteiger partial charge in [0.15, 0.2) is 0 Å². The molecule has 1 aromatic rings. The molecule has 0 aromatic carbocycles. The molecule has 0 spiro atoms. The third-order valence-electron chi connectivity index (χ3n) is 3.59. The molecule has 1 amide bonds. The first-order chi connectivity index (χ1) is 10.2. The Kier molecular flexibility index (Phi) is 6.62. The van der Waals surface area contributed by atoms with Gasteiger partial charge in [-0.15, -0.1) is 0 Å². The lowest BCUT2D eigenvalue weighted by atomic mass is 10.0. The first-order valence-electron chi connectivity index (χ1n) is 7.58. The van der Waals surface area contributed by atoms with Crippen molar-refractivity contribution in [3.8, 4) is 0 Å². The second kappa shape index (κ2) is 7.78. The molecular formula is C15H27N3O3S. The maximum Gasteiger partial charge on any atom is 0.268 e. The summed E-state index contributed by atoms with van der Waals surface area (Å²) in [5.41, 5.74) is 0.338. The van der Waals surface area contributed by atoms with Crippen LogP contribution in [-0.4, -0.2) is 32.0 Å². The standard InChI is InChI=1S/C15H27N3O3S/c1-11(2)7-6-8-12(3)17-15(19)14-9-13(10-18(14)5)22(20,21)16-4/h9-12,16H,6-8H2,1-5H3,(H,17,19)/t12-/m0/s1. The van der Waals surface area contributed by atoms with E-state index in [-0.39, 0.29) is 16.8 Å². The minimum absolute atomic E-state index is 0.0607. The average molecular weight is 329 g/mol. The van der Waals surface area contributed by atoms with E-state index in [1.807, 2.05) is 6.92 Å². The molecule has 0 aliphatic carbocycles. The topological polar surface area (TPSA) is 80.2 Å². The lowest BCUT2D eigenvalue weighted by Crippen LogP contribution is -2.33. The lowest BCUT2D eigenvalue weighted by Gasteiger charge is -2.14. The van der Waals surface area contributed by atoms with Gasteiger partial charge in [-0.25, -0.2) is 13.1 Å². The highest BCUT2D eigenvalue weighted by molar-refractivity contribution is 7.89. The number of hydrogen-bond donors (Lipinski definition) is 2. The zero-order valence-electron chi connectivity index (χ0n) is 14.0. The van der Waals surface area contributed by atoms with Gasteiger partial charge in [-0.1, -0.05) is 26.7 Å². The Morgan fingerprint density at radius 2 is 1.91 bits per heavy atom. The Balaban J connectivity index is 2.70. The zero-order valence-corrected chi connectivity index (χ0v) is 14.8. The van der Waals surface area contributed by atoms with E-state index in [0.717, 1.165) is 19.3 Å². The number of rotatable bonds is 8. The number of aromatic nitrogens is 1. The van der Waals surface area contributed by atoms with Crippen LogP contribution in [0.1, 0.15) is 50.5 Å². The summed E-state index contributed by atoms with van der Waals surface area (Å²) in [5, 5.41) is 2.92. The largest absolute Gasteiger partial charge is 0.348 e. The first kappa shape index (κ1) is 18.7. The summed E-state index contributed by atoms with van der Waals surface area (Å²) < 4.78 is 27.3. The molecule has 0 unspecified atom stereocenters. The van der Waals surface area contributed by atoms with Crippen LogP contribution in [0.4, 0.5) is 0 Å². The quantitative estimate of drug-likeness (QED) is 0.764. The summed E-state index contributed by atoms with van der Waals surface area (Å²) in [6.45, 7) is 6.32. The molecule has 1 rings (SSSR count). The molecule has 0 saturated heterocycles. The molecule has 0 aliphatic rings. The van der Waals surface area contributed by atoms with Crippen LogP contribution < -0.4 is 10.0 Å². The summed E-state index contributed by atoms with van der Waals surface area (Å²) in [6.07, 6.45) is 4.54. The van der Waals surface area contributed by atoms with E-state index in [2.05, 4.69) is 23.9 Å². The van der Waals surface area contributed by atoms with Gasteiger partial charge in [0.05, 0.1) is 0 Å². The predicted molar refractivity (Wildman–Crippen MR) is 87.3 cm³/mol. The van der Waals surface area contributed by atoms with Crippen molar-refractivity contribution in [3.05, 3.63) is 18.0 Å². The van der Waals surface area contributed by atoms with E-state index >= 15 is 0 Å². The van der Waals surface area contributed by atoms with Crippen molar-refractivity contribution in [1.82, 2.24) is 14.6 Å². The highest BCUT2D eigenvalue weighted by Gasteiger charge is 2.20. The molecule has 2 N–H and O–H groups in total. The molecule has 6 nitrogen and oxygen atoms in total. The lowest BCUT2D eigenvalue weighted by molar-refractivity contribution is 0.0929. The van der Waals surface area contributed by atoms with E-state index in [0.29, 0.717) is 11.6 Å². The number of hydrogen-bond acceptors (Lipinski definition) is 3. The summed E-state index contributed by atoms with van der Waals surface area (Å²) in [7, 11) is -0.531. The van der Waals surface area contributed by atoms with Crippen LogP contribution in [0, 0.1) is 5.92 Å². The van der Waals surface area contributed by atoms with Crippen molar-refractivity contribution in [1.29, 1.82) is 0 Å². The number of aryl methyl sites for hydroxylation is 1. The van der Waals surface area contributed by atoms with E-state index in [4.69, 9.17) is 0 Å². The van der Waals surface area contributed by atoms with Crippen molar-refractivity contribution in [2.75, 3.05) is 7.05 Å². The number of nitrogens with one attached hydrogen (secondary N) is 2. The average Bonchev–Trinajstić information content (AvgIpc) is 2.81. The predicted octanol–water partition coefficient (Wildman–Crippen LogP) is 1.88. The molecule has 0 saturated carbocycles. The number of sulfonamides is 1. The Morgan fingerprint density at radius 1 is 1.27 bits per heavy atom. The van der Waals surface area contributed by atoms with Crippen LogP contribution in [0.2, 0.25) is 0 Å².